The summed E-state index contributed by atoms with van der Waals surface area (Å²) in [6.45, 7) is 4.21. The minimum Gasteiger partial charge on any atom is -0.341 e. The van der Waals surface area contributed by atoms with E-state index in [1.807, 2.05) is 63.2 Å². The molecule has 120 valence electrons. The Morgan fingerprint density at radius 3 is 2.13 bits per heavy atom. The minimum absolute atomic E-state index is 0.0365. The van der Waals surface area contributed by atoms with E-state index in [2.05, 4.69) is 0 Å². The number of rotatable bonds is 2. The van der Waals surface area contributed by atoms with E-state index in [0.29, 0.717) is 25.2 Å². The zero-order valence-electron chi connectivity index (χ0n) is 13.3. The fourth-order valence-corrected chi connectivity index (χ4v) is 2.90. The van der Waals surface area contributed by atoms with Gasteiger partial charge in [-0.25, -0.2) is 0 Å². The van der Waals surface area contributed by atoms with Crippen LogP contribution in [0.25, 0.3) is 5.69 Å². The Balaban J connectivity index is 1.69. The molecule has 1 fully saturated rings. The highest BCUT2D eigenvalue weighted by Crippen LogP contribution is 2.13. The molecule has 0 radical (unpaired) electrons. The SMILES string of the molecule is CC(=O)N1CCCN(C(=O)c2ccc(-n3cccc3)cc2)CC1. The van der Waals surface area contributed by atoms with Crippen LogP contribution in [0.1, 0.15) is 23.7 Å². The molecule has 1 aromatic heterocycles. The zero-order chi connectivity index (χ0) is 16.2. The maximum Gasteiger partial charge on any atom is 0.253 e. The van der Waals surface area contributed by atoms with E-state index >= 15 is 0 Å². The van der Waals surface area contributed by atoms with Crippen LogP contribution in [0.2, 0.25) is 0 Å². The lowest BCUT2D eigenvalue weighted by atomic mass is 10.1. The first-order chi connectivity index (χ1) is 11.1. The largest absolute Gasteiger partial charge is 0.341 e. The molecule has 0 aliphatic carbocycles. The zero-order valence-corrected chi connectivity index (χ0v) is 13.3. The first-order valence-corrected chi connectivity index (χ1v) is 7.93. The quantitative estimate of drug-likeness (QED) is 0.853. The van der Waals surface area contributed by atoms with E-state index in [1.54, 1.807) is 6.92 Å². The van der Waals surface area contributed by atoms with Crippen LogP contribution in [0.3, 0.4) is 0 Å². The van der Waals surface area contributed by atoms with E-state index in [9.17, 15) is 9.59 Å². The van der Waals surface area contributed by atoms with Crippen molar-refractivity contribution in [3.05, 3.63) is 54.4 Å². The van der Waals surface area contributed by atoms with Crippen LogP contribution in [0.5, 0.6) is 0 Å². The van der Waals surface area contributed by atoms with Crippen LogP contribution in [0, 0.1) is 0 Å². The second-order valence-corrected chi connectivity index (χ2v) is 5.79. The van der Waals surface area contributed by atoms with Crippen LogP contribution in [0.15, 0.2) is 48.8 Å². The Kier molecular flexibility index (Phi) is 4.46. The first-order valence-electron chi connectivity index (χ1n) is 7.93. The molecule has 2 aromatic rings. The number of aromatic nitrogens is 1. The van der Waals surface area contributed by atoms with Crippen molar-refractivity contribution in [3.8, 4) is 5.69 Å². The molecule has 5 nitrogen and oxygen atoms in total. The molecule has 3 rings (SSSR count). The van der Waals surface area contributed by atoms with Crippen molar-refractivity contribution < 1.29 is 9.59 Å². The number of hydrogen-bond donors (Lipinski definition) is 0. The van der Waals surface area contributed by atoms with Crippen LogP contribution in [-0.2, 0) is 4.79 Å². The van der Waals surface area contributed by atoms with Gasteiger partial charge in [-0.3, -0.25) is 9.59 Å². The summed E-state index contributed by atoms with van der Waals surface area (Å²) in [4.78, 5) is 27.8. The van der Waals surface area contributed by atoms with E-state index in [1.165, 1.54) is 0 Å². The molecule has 1 aliphatic rings. The molecule has 23 heavy (non-hydrogen) atoms. The molecule has 0 saturated carbocycles. The van der Waals surface area contributed by atoms with Gasteiger partial charge in [0, 0.05) is 56.7 Å². The summed E-state index contributed by atoms with van der Waals surface area (Å²) >= 11 is 0. The second kappa shape index (κ2) is 6.69. The molecule has 0 spiro atoms. The number of benzene rings is 1. The lowest BCUT2D eigenvalue weighted by Crippen LogP contribution is -2.36. The lowest BCUT2D eigenvalue weighted by Gasteiger charge is -2.21. The van der Waals surface area contributed by atoms with Gasteiger partial charge in [-0.2, -0.15) is 0 Å². The molecule has 1 aliphatic heterocycles. The Morgan fingerprint density at radius 2 is 1.48 bits per heavy atom. The Morgan fingerprint density at radius 1 is 0.870 bits per heavy atom. The summed E-state index contributed by atoms with van der Waals surface area (Å²) in [5, 5.41) is 0. The molecule has 0 bridgehead atoms. The van der Waals surface area contributed by atoms with Crippen molar-refractivity contribution >= 4 is 11.8 Å². The molecule has 2 heterocycles. The van der Waals surface area contributed by atoms with Gasteiger partial charge in [0.05, 0.1) is 0 Å². The van der Waals surface area contributed by atoms with Crippen molar-refractivity contribution in [1.82, 2.24) is 14.4 Å². The molecule has 5 heteroatoms. The molecule has 1 saturated heterocycles. The van der Waals surface area contributed by atoms with Gasteiger partial charge in [-0.1, -0.05) is 0 Å². The average Bonchev–Trinajstić information content (AvgIpc) is 2.98. The molecular weight excluding hydrogens is 290 g/mol. The van der Waals surface area contributed by atoms with E-state index in [4.69, 9.17) is 0 Å². The van der Waals surface area contributed by atoms with Crippen LogP contribution in [-0.4, -0.2) is 52.4 Å². The Labute approximate surface area is 136 Å². The molecule has 2 amide bonds. The normalized spacial score (nSPS) is 15.3. The minimum atomic E-state index is 0.0365. The van der Waals surface area contributed by atoms with Gasteiger partial charge in [0.1, 0.15) is 0 Å². The van der Waals surface area contributed by atoms with Gasteiger partial charge in [-0.05, 0) is 42.8 Å². The number of hydrogen-bond acceptors (Lipinski definition) is 2. The number of carbonyl (C=O) groups is 2. The topological polar surface area (TPSA) is 45.6 Å². The summed E-state index contributed by atoms with van der Waals surface area (Å²) in [5.74, 6) is 0.116. The maximum atomic E-state index is 12.6. The third kappa shape index (κ3) is 3.44. The summed E-state index contributed by atoms with van der Waals surface area (Å²) in [5.41, 5.74) is 1.72. The fourth-order valence-electron chi connectivity index (χ4n) is 2.90. The number of amides is 2. The van der Waals surface area contributed by atoms with Crippen molar-refractivity contribution in [2.45, 2.75) is 13.3 Å². The van der Waals surface area contributed by atoms with Crippen LogP contribution in [0.4, 0.5) is 0 Å². The van der Waals surface area contributed by atoms with Crippen molar-refractivity contribution in [1.29, 1.82) is 0 Å². The van der Waals surface area contributed by atoms with Gasteiger partial charge in [-0.15, -0.1) is 0 Å². The summed E-state index contributed by atoms with van der Waals surface area (Å²) < 4.78 is 2.00. The van der Waals surface area contributed by atoms with Crippen LogP contribution < -0.4 is 0 Å². The van der Waals surface area contributed by atoms with Gasteiger partial charge in [0.25, 0.3) is 5.91 Å². The van der Waals surface area contributed by atoms with E-state index < -0.39 is 0 Å². The highest BCUT2D eigenvalue weighted by molar-refractivity contribution is 5.94. The smallest absolute Gasteiger partial charge is 0.253 e. The molecule has 0 unspecified atom stereocenters. The number of carbonyl (C=O) groups excluding carboxylic acids is 2. The monoisotopic (exact) mass is 311 g/mol. The highest BCUT2D eigenvalue weighted by Gasteiger charge is 2.21. The first kappa shape index (κ1) is 15.3. The maximum absolute atomic E-state index is 12.6. The lowest BCUT2D eigenvalue weighted by molar-refractivity contribution is -0.128. The second-order valence-electron chi connectivity index (χ2n) is 5.79. The van der Waals surface area contributed by atoms with Crippen molar-refractivity contribution in [3.63, 3.8) is 0 Å². The predicted molar refractivity (Wildman–Crippen MR) is 88.5 cm³/mol. The van der Waals surface area contributed by atoms with Gasteiger partial charge in [0.15, 0.2) is 0 Å². The van der Waals surface area contributed by atoms with E-state index in [0.717, 1.165) is 18.7 Å². The van der Waals surface area contributed by atoms with Crippen LogP contribution >= 0.6 is 0 Å². The van der Waals surface area contributed by atoms with Crippen molar-refractivity contribution in [2.24, 2.45) is 0 Å². The predicted octanol–water partition coefficient (Wildman–Crippen LogP) is 2.17. The van der Waals surface area contributed by atoms with Gasteiger partial charge >= 0.3 is 0 Å². The molecule has 0 atom stereocenters. The summed E-state index contributed by atoms with van der Waals surface area (Å²) in [6, 6.07) is 11.6. The highest BCUT2D eigenvalue weighted by atomic mass is 16.2. The standard InChI is InChI=1S/C18H21N3O2/c1-15(22)19-11-4-12-21(14-13-19)18(23)16-5-7-17(8-6-16)20-9-2-3-10-20/h2-3,5-10H,4,11-14H2,1H3. The van der Waals surface area contributed by atoms with Gasteiger partial charge in [0.2, 0.25) is 5.91 Å². The van der Waals surface area contributed by atoms with E-state index in [-0.39, 0.29) is 11.8 Å². The van der Waals surface area contributed by atoms with Crippen molar-refractivity contribution in [2.75, 3.05) is 26.2 Å². The Bertz CT molecular complexity index is 677. The Hall–Kier alpha value is -2.56. The number of nitrogens with zero attached hydrogens (tertiary/aromatic N) is 3. The summed E-state index contributed by atoms with van der Waals surface area (Å²) in [6.07, 6.45) is 4.77. The average molecular weight is 311 g/mol. The fraction of sp³-hybridized carbons (Fsp3) is 0.333. The molecule has 0 N–H and O–H groups in total. The van der Waals surface area contributed by atoms with Gasteiger partial charge < -0.3 is 14.4 Å². The third-order valence-corrected chi connectivity index (χ3v) is 4.25. The molecular formula is C18H21N3O2. The third-order valence-electron chi connectivity index (χ3n) is 4.25. The summed E-state index contributed by atoms with van der Waals surface area (Å²) in [7, 11) is 0. The molecule has 1 aromatic carbocycles.